The van der Waals surface area contributed by atoms with Crippen molar-refractivity contribution in [3.63, 3.8) is 0 Å². The fraction of sp³-hybridized carbons (Fsp3) is 0.810. The highest BCUT2D eigenvalue weighted by atomic mass is 16.6. The molecule has 9 nitrogen and oxygen atoms in total. The number of nitrogens with zero attached hydrogens (tertiary/aromatic N) is 1. The summed E-state index contributed by atoms with van der Waals surface area (Å²) in [6.07, 6.45) is 2.32. The lowest BCUT2D eigenvalue weighted by Crippen LogP contribution is -2.56. The van der Waals surface area contributed by atoms with Gasteiger partial charge in [0.25, 0.3) is 0 Å². The molecule has 0 aromatic rings. The van der Waals surface area contributed by atoms with Gasteiger partial charge in [-0.15, -0.1) is 0 Å². The molecule has 0 radical (unpaired) electrons. The largest absolute Gasteiger partial charge is 0.480 e. The normalized spacial score (nSPS) is 27.8. The highest BCUT2D eigenvalue weighted by molar-refractivity contribution is 5.93. The quantitative estimate of drug-likeness (QED) is 0.519. The predicted molar refractivity (Wildman–Crippen MR) is 107 cm³/mol. The van der Waals surface area contributed by atoms with Crippen LogP contribution in [0.3, 0.4) is 0 Å². The fourth-order valence-electron chi connectivity index (χ4n) is 4.33. The first-order valence-electron chi connectivity index (χ1n) is 10.7. The molecule has 0 bridgehead atoms. The number of aliphatic carboxylic acids is 1. The molecule has 0 aromatic carbocycles. The predicted octanol–water partition coefficient (Wildman–Crippen LogP) is 1.08. The van der Waals surface area contributed by atoms with Crippen LogP contribution in [-0.4, -0.2) is 69.2 Å². The number of amides is 2. The first kappa shape index (κ1) is 24.1. The van der Waals surface area contributed by atoms with Crippen LogP contribution in [0.15, 0.2) is 0 Å². The number of hydrogen-bond acceptors (Lipinski definition) is 6. The van der Waals surface area contributed by atoms with E-state index in [2.05, 4.69) is 5.32 Å². The number of rotatable bonds is 7. The van der Waals surface area contributed by atoms with Crippen molar-refractivity contribution < 1.29 is 34.1 Å². The number of carboxylic acids is 1. The smallest absolute Gasteiger partial charge is 0.326 e. The molecule has 0 aromatic heterocycles. The maximum Gasteiger partial charge on any atom is 0.326 e. The fourth-order valence-corrected chi connectivity index (χ4v) is 4.33. The number of ether oxygens (including phenoxy) is 1. The molecule has 0 spiro atoms. The van der Waals surface area contributed by atoms with Gasteiger partial charge in [0.15, 0.2) is 0 Å². The summed E-state index contributed by atoms with van der Waals surface area (Å²) in [6, 6.07) is -2.12. The van der Waals surface area contributed by atoms with E-state index in [1.54, 1.807) is 27.7 Å². The molecule has 0 aliphatic carbocycles. The Kier molecular flexibility index (Phi) is 7.85. The molecule has 0 unspecified atom stereocenters. The lowest BCUT2D eigenvalue weighted by Gasteiger charge is -2.31. The number of carbonyl (C=O) groups is 4. The summed E-state index contributed by atoms with van der Waals surface area (Å²) in [4.78, 5) is 51.2. The first-order valence-corrected chi connectivity index (χ1v) is 10.7. The van der Waals surface area contributed by atoms with Crippen LogP contribution in [0.1, 0.15) is 66.2 Å². The number of esters is 1. The van der Waals surface area contributed by atoms with Crippen molar-refractivity contribution in [2.75, 3.05) is 6.61 Å². The van der Waals surface area contributed by atoms with Crippen LogP contribution in [-0.2, 0) is 23.9 Å². The van der Waals surface area contributed by atoms with Crippen molar-refractivity contribution in [3.8, 4) is 0 Å². The molecule has 5 atom stereocenters. The second kappa shape index (κ2) is 9.76. The van der Waals surface area contributed by atoms with E-state index < -0.39 is 53.3 Å². The van der Waals surface area contributed by atoms with Gasteiger partial charge in [0.1, 0.15) is 17.7 Å². The first-order chi connectivity index (χ1) is 14.0. The van der Waals surface area contributed by atoms with Crippen LogP contribution in [0.4, 0.5) is 0 Å². The Morgan fingerprint density at radius 2 is 1.83 bits per heavy atom. The third-order valence-corrected chi connectivity index (χ3v) is 5.88. The molecule has 0 saturated carbocycles. The molecule has 2 aliphatic heterocycles. The monoisotopic (exact) mass is 426 g/mol. The van der Waals surface area contributed by atoms with Gasteiger partial charge < -0.3 is 25.2 Å². The second-order valence-corrected chi connectivity index (χ2v) is 9.23. The minimum absolute atomic E-state index is 0.117. The summed E-state index contributed by atoms with van der Waals surface area (Å²) in [7, 11) is 0. The molecule has 3 N–H and O–H groups in total. The molecular weight excluding hydrogens is 392 g/mol. The van der Waals surface area contributed by atoms with Crippen molar-refractivity contribution >= 4 is 23.8 Å². The van der Waals surface area contributed by atoms with Crippen LogP contribution in [0.25, 0.3) is 0 Å². The molecule has 170 valence electrons. The Labute approximate surface area is 177 Å². The van der Waals surface area contributed by atoms with Crippen LogP contribution < -0.4 is 5.32 Å². The maximum absolute atomic E-state index is 13.2. The van der Waals surface area contributed by atoms with E-state index in [4.69, 9.17) is 4.74 Å². The van der Waals surface area contributed by atoms with Gasteiger partial charge in [-0.1, -0.05) is 6.92 Å². The molecule has 9 heteroatoms. The summed E-state index contributed by atoms with van der Waals surface area (Å²) < 4.78 is 5.29. The van der Waals surface area contributed by atoms with Crippen LogP contribution in [0.5, 0.6) is 0 Å². The molecule has 2 fully saturated rings. The average Bonchev–Trinajstić information content (AvgIpc) is 3.02. The number of aliphatic hydroxyl groups excluding tert-OH is 1. The Bertz CT molecular complexity index is 673. The molecule has 2 saturated heterocycles. The summed E-state index contributed by atoms with van der Waals surface area (Å²) in [6.45, 7) is 6.70. The number of carbonyl (C=O) groups excluding carboxylic acids is 3. The van der Waals surface area contributed by atoms with E-state index >= 15 is 0 Å². The molecule has 2 amide bonds. The van der Waals surface area contributed by atoms with Crippen molar-refractivity contribution in [1.82, 2.24) is 10.2 Å². The van der Waals surface area contributed by atoms with E-state index in [0.717, 1.165) is 0 Å². The van der Waals surface area contributed by atoms with Crippen molar-refractivity contribution in [3.05, 3.63) is 0 Å². The summed E-state index contributed by atoms with van der Waals surface area (Å²) >= 11 is 0. The van der Waals surface area contributed by atoms with Crippen LogP contribution in [0, 0.1) is 11.8 Å². The van der Waals surface area contributed by atoms with Gasteiger partial charge in [-0.05, 0) is 52.9 Å². The Morgan fingerprint density at radius 3 is 2.37 bits per heavy atom. The van der Waals surface area contributed by atoms with E-state index in [9.17, 15) is 29.4 Å². The van der Waals surface area contributed by atoms with Gasteiger partial charge in [0, 0.05) is 24.5 Å². The van der Waals surface area contributed by atoms with Crippen molar-refractivity contribution in [1.29, 1.82) is 0 Å². The summed E-state index contributed by atoms with van der Waals surface area (Å²) in [5, 5.41) is 22.0. The Balaban J connectivity index is 2.15. The minimum Gasteiger partial charge on any atom is -0.480 e. The summed E-state index contributed by atoms with van der Waals surface area (Å²) in [5.41, 5.74) is -0.665. The standard InChI is InChI=1S/C21H34N2O7/c1-5-12(10-16(25)30-21(2,3)4)18(26)22-17-13(11-24)6-7-14-8-9-15(20(28)29)23(14)19(17)27/h12-15,17,24H,5-11H2,1-4H3,(H,22,26)(H,28,29)/t12-,13-,14+,15+,17+/m1/s1. The van der Waals surface area contributed by atoms with Gasteiger partial charge in [-0.3, -0.25) is 14.4 Å². The topological polar surface area (TPSA) is 133 Å². The zero-order chi connectivity index (χ0) is 22.6. The lowest BCUT2D eigenvalue weighted by molar-refractivity contribution is -0.157. The molecule has 2 heterocycles. The average molecular weight is 427 g/mol. The number of carboxylic acid groups (broad SMARTS) is 1. The van der Waals surface area contributed by atoms with Crippen molar-refractivity contribution in [2.24, 2.45) is 11.8 Å². The van der Waals surface area contributed by atoms with Gasteiger partial charge in [-0.25, -0.2) is 4.79 Å². The third-order valence-electron chi connectivity index (χ3n) is 5.88. The number of hydrogen-bond donors (Lipinski definition) is 3. The summed E-state index contributed by atoms with van der Waals surface area (Å²) in [5.74, 6) is -3.68. The van der Waals surface area contributed by atoms with Crippen molar-refractivity contribution in [2.45, 2.75) is 89.9 Å². The third kappa shape index (κ3) is 5.71. The highest BCUT2D eigenvalue weighted by Crippen LogP contribution is 2.34. The molecule has 2 rings (SSSR count). The Morgan fingerprint density at radius 1 is 1.20 bits per heavy atom. The SMILES string of the molecule is CC[C@H](CC(=O)OC(C)(C)C)C(=O)N[C@@H]1C(=O)N2[C@@H](CC[C@@H]1CO)CC[C@H]2C(=O)O. The highest BCUT2D eigenvalue weighted by Gasteiger charge is 2.47. The van der Waals surface area contributed by atoms with Gasteiger partial charge in [-0.2, -0.15) is 0 Å². The maximum atomic E-state index is 13.2. The Hall–Kier alpha value is -2.16. The minimum atomic E-state index is -1.06. The zero-order valence-corrected chi connectivity index (χ0v) is 18.2. The second-order valence-electron chi connectivity index (χ2n) is 9.23. The van der Waals surface area contributed by atoms with Gasteiger partial charge >= 0.3 is 11.9 Å². The van der Waals surface area contributed by atoms with E-state index in [-0.39, 0.29) is 19.1 Å². The molecular formula is C21H34N2O7. The number of aliphatic hydroxyl groups is 1. The van der Waals surface area contributed by atoms with Crippen LogP contribution in [0.2, 0.25) is 0 Å². The number of nitrogens with one attached hydrogen (secondary N) is 1. The number of fused-ring (bicyclic) bond motifs is 1. The van der Waals surface area contributed by atoms with E-state index in [1.165, 1.54) is 4.90 Å². The zero-order valence-electron chi connectivity index (χ0n) is 18.2. The lowest BCUT2D eigenvalue weighted by atomic mass is 9.93. The van der Waals surface area contributed by atoms with E-state index in [1.807, 2.05) is 0 Å². The van der Waals surface area contributed by atoms with Gasteiger partial charge in [0.2, 0.25) is 11.8 Å². The van der Waals surface area contributed by atoms with Crippen LogP contribution >= 0.6 is 0 Å². The van der Waals surface area contributed by atoms with Gasteiger partial charge in [0.05, 0.1) is 6.42 Å². The molecule has 30 heavy (non-hydrogen) atoms. The molecule has 2 aliphatic rings. The van der Waals surface area contributed by atoms with E-state index in [0.29, 0.717) is 32.1 Å².